The molecular formula is C54H109NO4. The second-order valence-electron chi connectivity index (χ2n) is 19.2. The van der Waals surface area contributed by atoms with Crippen LogP contribution in [0.2, 0.25) is 0 Å². The Kier molecular flexibility index (Phi) is 49.4. The molecule has 1 amide bonds. The highest BCUT2D eigenvalue weighted by Crippen LogP contribution is 2.18. The third-order valence-corrected chi connectivity index (χ3v) is 13.2. The van der Waals surface area contributed by atoms with Gasteiger partial charge in [0.1, 0.15) is 6.10 Å². The first-order valence-electron chi connectivity index (χ1n) is 27.3. The Morgan fingerprint density at radius 2 is 0.576 bits per heavy atom. The lowest BCUT2D eigenvalue weighted by Gasteiger charge is -2.26. The number of amides is 1. The van der Waals surface area contributed by atoms with E-state index in [0.717, 1.165) is 38.5 Å². The zero-order valence-corrected chi connectivity index (χ0v) is 40.4. The first kappa shape index (κ1) is 58.4. The fraction of sp³-hybridized carbons (Fsp3) is 0.981. The van der Waals surface area contributed by atoms with E-state index >= 15 is 0 Å². The predicted octanol–water partition coefficient (Wildman–Crippen LogP) is 16.6. The number of rotatable bonds is 51. The Bertz CT molecular complexity index is 792. The summed E-state index contributed by atoms with van der Waals surface area (Å²) in [6, 6.07) is -0.802. The van der Waals surface area contributed by atoms with Gasteiger partial charge in [-0.15, -0.1) is 0 Å². The van der Waals surface area contributed by atoms with Gasteiger partial charge in [-0.05, 0) is 12.8 Å². The topological polar surface area (TPSA) is 89.8 Å². The summed E-state index contributed by atoms with van der Waals surface area (Å²) >= 11 is 0. The van der Waals surface area contributed by atoms with Gasteiger partial charge in [-0.1, -0.05) is 296 Å². The number of aliphatic hydroxyl groups is 3. The minimum Gasteiger partial charge on any atom is -0.394 e. The maximum atomic E-state index is 12.4. The number of unbranched alkanes of at least 4 members (excludes halogenated alkanes) is 43. The fourth-order valence-corrected chi connectivity index (χ4v) is 8.99. The summed E-state index contributed by atoms with van der Waals surface area (Å²) in [6.45, 7) is 4.19. The van der Waals surface area contributed by atoms with Gasteiger partial charge in [0.05, 0.1) is 18.8 Å². The van der Waals surface area contributed by atoms with Crippen LogP contribution < -0.4 is 5.32 Å². The van der Waals surface area contributed by atoms with Gasteiger partial charge >= 0.3 is 0 Å². The van der Waals surface area contributed by atoms with Gasteiger partial charge in [0.2, 0.25) is 5.91 Å². The van der Waals surface area contributed by atoms with Crippen LogP contribution in [-0.2, 0) is 4.79 Å². The summed E-state index contributed by atoms with van der Waals surface area (Å²) in [6.07, 6.45) is 60.0. The first-order chi connectivity index (χ1) is 29.1. The van der Waals surface area contributed by atoms with Crippen molar-refractivity contribution in [2.75, 3.05) is 6.61 Å². The van der Waals surface area contributed by atoms with Crippen molar-refractivity contribution in [3.63, 3.8) is 0 Å². The van der Waals surface area contributed by atoms with E-state index in [1.54, 1.807) is 0 Å². The lowest BCUT2D eigenvalue weighted by Crippen LogP contribution is -2.50. The lowest BCUT2D eigenvalue weighted by atomic mass is 9.99. The number of carbonyl (C=O) groups excluding carboxylic acids is 1. The summed E-state index contributed by atoms with van der Waals surface area (Å²) in [5, 5.41) is 33.5. The van der Waals surface area contributed by atoms with Gasteiger partial charge in [-0.3, -0.25) is 4.79 Å². The normalized spacial score (nSPS) is 13.2. The van der Waals surface area contributed by atoms with E-state index in [-0.39, 0.29) is 12.5 Å². The van der Waals surface area contributed by atoms with Gasteiger partial charge in [0.15, 0.2) is 0 Å². The van der Waals surface area contributed by atoms with E-state index in [1.165, 1.54) is 250 Å². The van der Waals surface area contributed by atoms with Crippen LogP contribution in [0, 0.1) is 0 Å². The average molecular weight is 836 g/mol. The monoisotopic (exact) mass is 836 g/mol. The summed E-state index contributed by atoms with van der Waals surface area (Å²) in [5.74, 6) is -0.139. The SMILES string of the molecule is CCCCCCCCCCCCCCCCCCCCCCCCCCCCCCCCCCCCCC(=O)NC(CO)C(O)C(O)CCCCCCCCCCCC. The van der Waals surface area contributed by atoms with Crippen LogP contribution in [0.1, 0.15) is 316 Å². The standard InChI is InChI=1S/C54H109NO4/c1-3-5-7-9-11-13-15-16-17-18-19-20-21-22-23-24-25-26-27-28-29-30-31-32-33-34-35-36-37-38-39-41-43-45-47-49-53(58)55-51(50-56)54(59)52(57)48-46-44-42-40-14-12-10-8-6-4-2/h51-52,54,56-57,59H,3-50H2,1-2H3,(H,55,58). The molecule has 0 spiro atoms. The Hall–Kier alpha value is -0.650. The highest BCUT2D eigenvalue weighted by molar-refractivity contribution is 5.76. The molecule has 3 atom stereocenters. The van der Waals surface area contributed by atoms with E-state index in [9.17, 15) is 20.1 Å². The van der Waals surface area contributed by atoms with Crippen molar-refractivity contribution in [3.05, 3.63) is 0 Å². The van der Waals surface area contributed by atoms with Crippen molar-refractivity contribution in [2.45, 2.75) is 334 Å². The fourth-order valence-electron chi connectivity index (χ4n) is 8.99. The van der Waals surface area contributed by atoms with Crippen molar-refractivity contribution in [1.82, 2.24) is 5.32 Å². The molecular weight excluding hydrogens is 727 g/mol. The van der Waals surface area contributed by atoms with E-state index in [2.05, 4.69) is 19.2 Å². The van der Waals surface area contributed by atoms with Crippen LogP contribution in [-0.4, -0.2) is 46.1 Å². The smallest absolute Gasteiger partial charge is 0.220 e. The van der Waals surface area contributed by atoms with Crippen LogP contribution in [0.5, 0.6) is 0 Å². The zero-order valence-electron chi connectivity index (χ0n) is 40.4. The quantitative estimate of drug-likeness (QED) is 0.0460. The van der Waals surface area contributed by atoms with Crippen LogP contribution in [0.25, 0.3) is 0 Å². The summed E-state index contributed by atoms with van der Waals surface area (Å²) in [4.78, 5) is 12.4. The summed E-state index contributed by atoms with van der Waals surface area (Å²) in [5.41, 5.74) is 0. The Morgan fingerprint density at radius 3 is 0.814 bits per heavy atom. The maximum Gasteiger partial charge on any atom is 0.220 e. The highest BCUT2D eigenvalue weighted by Gasteiger charge is 2.26. The molecule has 0 aromatic heterocycles. The molecule has 0 rings (SSSR count). The first-order valence-corrected chi connectivity index (χ1v) is 27.3. The number of hydrogen-bond donors (Lipinski definition) is 4. The van der Waals surface area contributed by atoms with E-state index in [1.807, 2.05) is 0 Å². The molecule has 0 fully saturated rings. The molecule has 5 nitrogen and oxygen atoms in total. The van der Waals surface area contributed by atoms with Crippen molar-refractivity contribution in [2.24, 2.45) is 0 Å². The number of aliphatic hydroxyl groups excluding tert-OH is 3. The Balaban J connectivity index is 3.38. The second-order valence-corrected chi connectivity index (χ2v) is 19.2. The van der Waals surface area contributed by atoms with Crippen LogP contribution in [0.15, 0.2) is 0 Å². The van der Waals surface area contributed by atoms with Crippen LogP contribution in [0.3, 0.4) is 0 Å². The van der Waals surface area contributed by atoms with Gasteiger partial charge in [-0.25, -0.2) is 0 Å². The Labute approximate surface area is 370 Å². The molecule has 5 heteroatoms. The lowest BCUT2D eigenvalue weighted by molar-refractivity contribution is -0.124. The Morgan fingerprint density at radius 1 is 0.356 bits per heavy atom. The maximum absolute atomic E-state index is 12.4. The zero-order chi connectivity index (χ0) is 43.0. The van der Waals surface area contributed by atoms with Gasteiger partial charge in [0, 0.05) is 6.42 Å². The molecule has 4 N–H and O–H groups in total. The third-order valence-electron chi connectivity index (χ3n) is 13.2. The van der Waals surface area contributed by atoms with Gasteiger partial charge < -0.3 is 20.6 Å². The van der Waals surface area contributed by atoms with Crippen molar-refractivity contribution >= 4 is 5.91 Å². The van der Waals surface area contributed by atoms with Crippen molar-refractivity contribution in [3.8, 4) is 0 Å². The average Bonchev–Trinajstić information content (AvgIpc) is 3.24. The van der Waals surface area contributed by atoms with Crippen LogP contribution >= 0.6 is 0 Å². The van der Waals surface area contributed by atoms with Gasteiger partial charge in [-0.2, -0.15) is 0 Å². The molecule has 0 aromatic carbocycles. The molecule has 0 saturated carbocycles. The molecule has 0 aromatic rings. The van der Waals surface area contributed by atoms with E-state index in [0.29, 0.717) is 12.8 Å². The molecule has 3 unspecified atom stereocenters. The minimum atomic E-state index is -1.13. The van der Waals surface area contributed by atoms with Crippen LogP contribution in [0.4, 0.5) is 0 Å². The number of nitrogens with one attached hydrogen (secondary N) is 1. The molecule has 0 aliphatic rings. The number of hydrogen-bond acceptors (Lipinski definition) is 4. The summed E-state index contributed by atoms with van der Waals surface area (Å²) in [7, 11) is 0. The number of carbonyl (C=O) groups is 1. The molecule has 0 aliphatic carbocycles. The van der Waals surface area contributed by atoms with E-state index in [4.69, 9.17) is 0 Å². The van der Waals surface area contributed by atoms with E-state index < -0.39 is 18.2 Å². The molecule has 354 valence electrons. The second kappa shape index (κ2) is 50.0. The predicted molar refractivity (Wildman–Crippen MR) is 259 cm³/mol. The largest absolute Gasteiger partial charge is 0.394 e. The van der Waals surface area contributed by atoms with Crippen molar-refractivity contribution in [1.29, 1.82) is 0 Å². The molecule has 0 heterocycles. The summed E-state index contributed by atoms with van der Waals surface area (Å²) < 4.78 is 0. The molecule has 0 radical (unpaired) electrons. The van der Waals surface area contributed by atoms with Gasteiger partial charge in [0.25, 0.3) is 0 Å². The highest BCUT2D eigenvalue weighted by atomic mass is 16.3. The minimum absolute atomic E-state index is 0.139. The molecule has 0 bridgehead atoms. The third kappa shape index (κ3) is 45.2. The van der Waals surface area contributed by atoms with Crippen molar-refractivity contribution < 1.29 is 20.1 Å². The molecule has 59 heavy (non-hydrogen) atoms. The molecule has 0 saturated heterocycles. The molecule has 0 aliphatic heterocycles.